The number of anilines is 1. The van der Waals surface area contributed by atoms with E-state index in [0.29, 0.717) is 5.39 Å². The average Bonchev–Trinajstić information content (AvgIpc) is 3.26. The van der Waals surface area contributed by atoms with E-state index >= 15 is 0 Å². The topological polar surface area (TPSA) is 34.1 Å². The van der Waals surface area contributed by atoms with Crippen LogP contribution in [0.25, 0.3) is 10.9 Å². The van der Waals surface area contributed by atoms with E-state index in [4.69, 9.17) is 4.74 Å². The molecule has 3 nitrogen and oxygen atoms in total. The van der Waals surface area contributed by atoms with Gasteiger partial charge in [0.25, 0.3) is 0 Å². The highest BCUT2D eigenvalue weighted by molar-refractivity contribution is 5.91. The SMILES string of the molecule is CCOCCC1(CNc2ccnc3c(F)cc(F)cc23)CC1. The number of aromatic nitrogens is 1. The standard InChI is InChI=1S/C17H20F2N2O/c1-2-22-8-6-17(4-5-17)11-21-15-3-7-20-16-13(15)9-12(18)10-14(16)19/h3,7,9-10H,2,4-6,8,11H2,1H3,(H,20,21). The van der Waals surface area contributed by atoms with Gasteiger partial charge in [-0.05, 0) is 43.7 Å². The molecule has 0 unspecified atom stereocenters. The van der Waals surface area contributed by atoms with E-state index in [9.17, 15) is 8.78 Å². The third-order valence-electron chi connectivity index (χ3n) is 4.35. The Hall–Kier alpha value is -1.75. The summed E-state index contributed by atoms with van der Waals surface area (Å²) in [7, 11) is 0. The number of benzene rings is 1. The maximum Gasteiger partial charge on any atom is 0.152 e. The maximum atomic E-state index is 13.8. The normalized spacial score (nSPS) is 16.0. The van der Waals surface area contributed by atoms with E-state index in [2.05, 4.69) is 10.3 Å². The first-order valence-corrected chi connectivity index (χ1v) is 7.69. The Morgan fingerprint density at radius 1 is 1.32 bits per heavy atom. The van der Waals surface area contributed by atoms with Gasteiger partial charge in [-0.3, -0.25) is 4.98 Å². The van der Waals surface area contributed by atoms with Gasteiger partial charge in [-0.2, -0.15) is 0 Å². The van der Waals surface area contributed by atoms with Crippen molar-refractivity contribution in [1.82, 2.24) is 4.98 Å². The van der Waals surface area contributed by atoms with Crippen molar-refractivity contribution in [2.24, 2.45) is 5.41 Å². The molecule has 0 aliphatic heterocycles. The molecule has 0 radical (unpaired) electrons. The summed E-state index contributed by atoms with van der Waals surface area (Å²) >= 11 is 0. The number of rotatable bonds is 7. The van der Waals surface area contributed by atoms with Gasteiger partial charge in [0.15, 0.2) is 5.82 Å². The number of hydrogen-bond donors (Lipinski definition) is 1. The molecule has 118 valence electrons. The second-order valence-corrected chi connectivity index (χ2v) is 5.94. The number of halogens is 2. The number of fused-ring (bicyclic) bond motifs is 1. The number of hydrogen-bond acceptors (Lipinski definition) is 3. The predicted molar refractivity (Wildman–Crippen MR) is 82.9 cm³/mol. The number of nitrogens with one attached hydrogen (secondary N) is 1. The van der Waals surface area contributed by atoms with Crippen molar-refractivity contribution in [2.75, 3.05) is 25.1 Å². The monoisotopic (exact) mass is 306 g/mol. The van der Waals surface area contributed by atoms with Crippen LogP contribution >= 0.6 is 0 Å². The highest BCUT2D eigenvalue weighted by Gasteiger charge is 2.41. The molecule has 1 aliphatic carbocycles. The lowest BCUT2D eigenvalue weighted by Crippen LogP contribution is -2.17. The summed E-state index contributed by atoms with van der Waals surface area (Å²) < 4.78 is 32.7. The van der Waals surface area contributed by atoms with Crippen LogP contribution in [-0.2, 0) is 4.74 Å². The molecule has 3 rings (SSSR count). The lowest BCUT2D eigenvalue weighted by atomic mass is 10.0. The quantitative estimate of drug-likeness (QED) is 0.781. The summed E-state index contributed by atoms with van der Waals surface area (Å²) in [5.74, 6) is -1.21. The van der Waals surface area contributed by atoms with Gasteiger partial charge in [-0.1, -0.05) is 0 Å². The zero-order valence-electron chi connectivity index (χ0n) is 12.7. The third kappa shape index (κ3) is 3.19. The molecule has 1 aliphatic rings. The first-order chi connectivity index (χ1) is 10.6. The van der Waals surface area contributed by atoms with Crippen molar-refractivity contribution >= 4 is 16.6 Å². The van der Waals surface area contributed by atoms with Crippen molar-refractivity contribution in [3.8, 4) is 0 Å². The van der Waals surface area contributed by atoms with Crippen LogP contribution in [0, 0.1) is 17.0 Å². The lowest BCUT2D eigenvalue weighted by molar-refractivity contribution is 0.130. The molecule has 0 bridgehead atoms. The van der Waals surface area contributed by atoms with Crippen molar-refractivity contribution in [1.29, 1.82) is 0 Å². The molecule has 1 saturated carbocycles. The Labute approximate surface area is 128 Å². The molecule has 1 aromatic heterocycles. The van der Waals surface area contributed by atoms with Crippen molar-refractivity contribution in [2.45, 2.75) is 26.2 Å². The van der Waals surface area contributed by atoms with E-state index < -0.39 is 11.6 Å². The van der Waals surface area contributed by atoms with Crippen LogP contribution in [-0.4, -0.2) is 24.7 Å². The van der Waals surface area contributed by atoms with E-state index in [1.165, 1.54) is 18.9 Å². The minimum Gasteiger partial charge on any atom is -0.384 e. The van der Waals surface area contributed by atoms with Crippen LogP contribution in [0.4, 0.5) is 14.5 Å². The van der Waals surface area contributed by atoms with Gasteiger partial charge in [0, 0.05) is 43.1 Å². The van der Waals surface area contributed by atoms with Gasteiger partial charge in [0.05, 0.1) is 0 Å². The maximum absolute atomic E-state index is 13.8. The number of ether oxygens (including phenoxy) is 1. The summed E-state index contributed by atoms with van der Waals surface area (Å²) in [6, 6.07) is 3.96. The first-order valence-electron chi connectivity index (χ1n) is 7.69. The van der Waals surface area contributed by atoms with Crippen molar-refractivity contribution < 1.29 is 13.5 Å². The molecular formula is C17H20F2N2O. The highest BCUT2D eigenvalue weighted by atomic mass is 19.1. The Bertz CT molecular complexity index is 671. The number of nitrogens with zero attached hydrogens (tertiary/aromatic N) is 1. The minimum absolute atomic E-state index is 0.200. The van der Waals surface area contributed by atoms with Crippen molar-refractivity contribution in [3.63, 3.8) is 0 Å². The summed E-state index contributed by atoms with van der Waals surface area (Å²) in [5.41, 5.74) is 1.19. The lowest BCUT2D eigenvalue weighted by Gasteiger charge is -2.17. The van der Waals surface area contributed by atoms with Crippen LogP contribution in [0.3, 0.4) is 0 Å². The molecule has 0 spiro atoms. The summed E-state index contributed by atoms with van der Waals surface area (Å²) in [6.07, 6.45) is 4.89. The minimum atomic E-state index is -0.629. The third-order valence-corrected chi connectivity index (χ3v) is 4.35. The Kier molecular flexibility index (Phi) is 4.25. The van der Waals surface area contributed by atoms with Gasteiger partial charge in [-0.25, -0.2) is 8.78 Å². The largest absolute Gasteiger partial charge is 0.384 e. The van der Waals surface area contributed by atoms with Gasteiger partial charge in [0.2, 0.25) is 0 Å². The van der Waals surface area contributed by atoms with Gasteiger partial charge >= 0.3 is 0 Å². The molecule has 0 amide bonds. The second-order valence-electron chi connectivity index (χ2n) is 5.94. The van der Waals surface area contributed by atoms with E-state index in [-0.39, 0.29) is 10.9 Å². The summed E-state index contributed by atoms with van der Waals surface area (Å²) in [5, 5.41) is 3.83. The van der Waals surface area contributed by atoms with E-state index in [1.54, 1.807) is 12.3 Å². The summed E-state index contributed by atoms with van der Waals surface area (Å²) in [6.45, 7) is 4.27. The Morgan fingerprint density at radius 3 is 2.86 bits per heavy atom. The zero-order valence-corrected chi connectivity index (χ0v) is 12.7. The number of pyridine rings is 1. The first kappa shape index (κ1) is 15.2. The van der Waals surface area contributed by atoms with E-state index in [0.717, 1.165) is 37.9 Å². The van der Waals surface area contributed by atoms with Crippen LogP contribution < -0.4 is 5.32 Å². The second kappa shape index (κ2) is 6.16. The fraction of sp³-hybridized carbons (Fsp3) is 0.471. The molecule has 0 atom stereocenters. The molecule has 1 heterocycles. The van der Waals surface area contributed by atoms with Gasteiger partial charge in [0.1, 0.15) is 11.3 Å². The highest BCUT2D eigenvalue weighted by Crippen LogP contribution is 2.48. The van der Waals surface area contributed by atoms with Crippen LogP contribution in [0.2, 0.25) is 0 Å². The Balaban J connectivity index is 1.74. The average molecular weight is 306 g/mol. The van der Waals surface area contributed by atoms with Crippen LogP contribution in [0.5, 0.6) is 0 Å². The smallest absolute Gasteiger partial charge is 0.152 e. The molecule has 22 heavy (non-hydrogen) atoms. The fourth-order valence-electron chi connectivity index (χ4n) is 2.74. The van der Waals surface area contributed by atoms with Crippen molar-refractivity contribution in [3.05, 3.63) is 36.0 Å². The molecule has 1 aromatic carbocycles. The zero-order chi connectivity index (χ0) is 15.6. The Morgan fingerprint density at radius 2 is 2.14 bits per heavy atom. The fourth-order valence-corrected chi connectivity index (χ4v) is 2.74. The summed E-state index contributed by atoms with van der Waals surface area (Å²) in [4.78, 5) is 4.00. The molecule has 1 N–H and O–H groups in total. The molecule has 0 saturated heterocycles. The van der Waals surface area contributed by atoms with Gasteiger partial charge in [-0.15, -0.1) is 0 Å². The molecule has 5 heteroatoms. The van der Waals surface area contributed by atoms with Crippen LogP contribution in [0.1, 0.15) is 26.2 Å². The molecule has 2 aromatic rings. The van der Waals surface area contributed by atoms with Crippen LogP contribution in [0.15, 0.2) is 24.4 Å². The van der Waals surface area contributed by atoms with E-state index in [1.807, 2.05) is 6.92 Å². The van der Waals surface area contributed by atoms with Gasteiger partial charge < -0.3 is 10.1 Å². The molecular weight excluding hydrogens is 286 g/mol. The predicted octanol–water partition coefficient (Wildman–Crippen LogP) is 4.13. The molecule has 1 fully saturated rings.